The van der Waals surface area contributed by atoms with Crippen LogP contribution in [0, 0.1) is 0 Å². The summed E-state index contributed by atoms with van der Waals surface area (Å²) >= 11 is 0. The van der Waals surface area contributed by atoms with Crippen LogP contribution in [0.15, 0.2) is 24.5 Å². The normalized spacial score (nSPS) is 20.1. The van der Waals surface area contributed by atoms with Crippen LogP contribution in [-0.4, -0.2) is 59.3 Å². The van der Waals surface area contributed by atoms with Gasteiger partial charge in [-0.2, -0.15) is 0 Å². The van der Waals surface area contributed by atoms with Crippen LogP contribution in [0.3, 0.4) is 0 Å². The molecule has 0 radical (unpaired) electrons. The summed E-state index contributed by atoms with van der Waals surface area (Å²) in [7, 11) is 1.89. The average molecular weight is 262 g/mol. The lowest BCUT2D eigenvalue weighted by molar-refractivity contribution is -0.134. The highest BCUT2D eigenvalue weighted by Gasteiger charge is 2.31. The summed E-state index contributed by atoms with van der Waals surface area (Å²) in [6, 6.07) is 3.23. The van der Waals surface area contributed by atoms with E-state index in [1.165, 1.54) is 6.92 Å². The largest absolute Gasteiger partial charge is 0.340 e. The van der Waals surface area contributed by atoms with Crippen LogP contribution >= 0.6 is 0 Å². The fourth-order valence-electron chi connectivity index (χ4n) is 2.11. The van der Waals surface area contributed by atoms with Crippen molar-refractivity contribution in [3.8, 4) is 0 Å². The smallest absolute Gasteiger partial charge is 0.243 e. The number of hydrogen-bond donors (Lipinski definition) is 1. The minimum absolute atomic E-state index is 0.00674. The van der Waals surface area contributed by atoms with Gasteiger partial charge in [-0.15, -0.1) is 0 Å². The second-order valence-electron chi connectivity index (χ2n) is 4.69. The molecule has 1 fully saturated rings. The molecule has 1 aromatic heterocycles. The molecule has 0 bridgehead atoms. The highest BCUT2D eigenvalue weighted by molar-refractivity contribution is 5.95. The Morgan fingerprint density at radius 2 is 2.21 bits per heavy atom. The molecule has 102 valence electrons. The maximum Gasteiger partial charge on any atom is 0.243 e. The van der Waals surface area contributed by atoms with Crippen molar-refractivity contribution in [3.63, 3.8) is 0 Å². The van der Waals surface area contributed by atoms with E-state index in [9.17, 15) is 9.59 Å². The standard InChI is InChI=1S/C13H18N4O2/c1-10(18)17-7-6-16(2)12(9-17)13(19)15-11-4-3-5-14-8-11/h3-5,8,12H,6-7,9H2,1-2H3,(H,15,19)/t12-/m1/s1. The quantitative estimate of drug-likeness (QED) is 0.826. The second kappa shape index (κ2) is 5.79. The molecule has 1 aliphatic rings. The number of pyridine rings is 1. The third-order valence-electron chi connectivity index (χ3n) is 3.33. The minimum atomic E-state index is -0.321. The molecule has 19 heavy (non-hydrogen) atoms. The van der Waals surface area contributed by atoms with Gasteiger partial charge in [0.2, 0.25) is 11.8 Å². The van der Waals surface area contributed by atoms with Gasteiger partial charge in [0.05, 0.1) is 11.9 Å². The molecule has 6 nitrogen and oxygen atoms in total. The summed E-state index contributed by atoms with van der Waals surface area (Å²) in [5.41, 5.74) is 0.667. The predicted molar refractivity (Wildman–Crippen MR) is 71.5 cm³/mol. The molecule has 2 amide bonds. The topological polar surface area (TPSA) is 65.5 Å². The van der Waals surface area contributed by atoms with Crippen molar-refractivity contribution in [2.45, 2.75) is 13.0 Å². The Morgan fingerprint density at radius 1 is 1.42 bits per heavy atom. The number of carbonyl (C=O) groups is 2. The predicted octanol–water partition coefficient (Wildman–Crippen LogP) is 0.183. The van der Waals surface area contributed by atoms with Gasteiger partial charge in [-0.25, -0.2) is 0 Å². The van der Waals surface area contributed by atoms with Crippen molar-refractivity contribution < 1.29 is 9.59 Å². The monoisotopic (exact) mass is 262 g/mol. The molecule has 1 saturated heterocycles. The number of rotatable bonds is 2. The maximum atomic E-state index is 12.2. The number of likely N-dealkylation sites (N-methyl/N-ethyl adjacent to an activating group) is 1. The van der Waals surface area contributed by atoms with E-state index in [0.717, 1.165) is 0 Å². The molecule has 0 unspecified atom stereocenters. The van der Waals surface area contributed by atoms with Crippen molar-refractivity contribution in [1.29, 1.82) is 0 Å². The summed E-state index contributed by atoms with van der Waals surface area (Å²) < 4.78 is 0. The van der Waals surface area contributed by atoms with Gasteiger partial charge in [-0.05, 0) is 19.2 Å². The molecule has 1 aliphatic heterocycles. The van der Waals surface area contributed by atoms with Crippen LogP contribution in [0.1, 0.15) is 6.92 Å². The Hall–Kier alpha value is -1.95. The van der Waals surface area contributed by atoms with Gasteiger partial charge < -0.3 is 10.2 Å². The average Bonchev–Trinajstić information content (AvgIpc) is 2.40. The van der Waals surface area contributed by atoms with E-state index in [0.29, 0.717) is 25.3 Å². The number of hydrogen-bond acceptors (Lipinski definition) is 4. The lowest BCUT2D eigenvalue weighted by Gasteiger charge is -2.38. The minimum Gasteiger partial charge on any atom is -0.340 e. The van der Waals surface area contributed by atoms with Crippen molar-refractivity contribution in [2.75, 3.05) is 32.0 Å². The van der Waals surface area contributed by atoms with Gasteiger partial charge in [0, 0.05) is 32.8 Å². The van der Waals surface area contributed by atoms with Crippen LogP contribution in [-0.2, 0) is 9.59 Å². The fourth-order valence-corrected chi connectivity index (χ4v) is 2.11. The number of amides is 2. The molecule has 1 aromatic rings. The highest BCUT2D eigenvalue weighted by Crippen LogP contribution is 2.11. The first-order valence-corrected chi connectivity index (χ1v) is 6.24. The number of carbonyl (C=O) groups excluding carboxylic acids is 2. The lowest BCUT2D eigenvalue weighted by atomic mass is 10.1. The summed E-state index contributed by atoms with van der Waals surface area (Å²) in [5, 5.41) is 2.82. The number of anilines is 1. The Bertz CT molecular complexity index is 463. The van der Waals surface area contributed by atoms with Gasteiger partial charge in [0.25, 0.3) is 0 Å². The Labute approximate surface area is 112 Å². The summed E-state index contributed by atoms with van der Waals surface area (Å²) in [5.74, 6) is -0.103. The number of aromatic nitrogens is 1. The van der Waals surface area contributed by atoms with E-state index < -0.39 is 0 Å². The van der Waals surface area contributed by atoms with Crippen LogP contribution in [0.25, 0.3) is 0 Å². The van der Waals surface area contributed by atoms with Crippen LogP contribution in [0.2, 0.25) is 0 Å². The van der Waals surface area contributed by atoms with Crippen LogP contribution in [0.4, 0.5) is 5.69 Å². The molecule has 0 saturated carbocycles. The molecule has 0 spiro atoms. The zero-order chi connectivity index (χ0) is 13.8. The molecule has 2 heterocycles. The van der Waals surface area contributed by atoms with Gasteiger partial charge in [-0.1, -0.05) is 0 Å². The van der Waals surface area contributed by atoms with Crippen LogP contribution < -0.4 is 5.32 Å². The zero-order valence-electron chi connectivity index (χ0n) is 11.2. The number of nitrogens with zero attached hydrogens (tertiary/aromatic N) is 3. The molecule has 2 rings (SSSR count). The lowest BCUT2D eigenvalue weighted by Crippen LogP contribution is -2.57. The van der Waals surface area contributed by atoms with Gasteiger partial charge in [0.15, 0.2) is 0 Å². The van der Waals surface area contributed by atoms with E-state index in [1.54, 1.807) is 29.4 Å². The van der Waals surface area contributed by atoms with Crippen molar-refractivity contribution in [1.82, 2.24) is 14.8 Å². The van der Waals surface area contributed by atoms with Crippen molar-refractivity contribution in [3.05, 3.63) is 24.5 Å². The van der Waals surface area contributed by atoms with Crippen LogP contribution in [0.5, 0.6) is 0 Å². The first-order valence-electron chi connectivity index (χ1n) is 6.24. The fraction of sp³-hybridized carbons (Fsp3) is 0.462. The molecule has 0 aliphatic carbocycles. The second-order valence-corrected chi connectivity index (χ2v) is 4.69. The summed E-state index contributed by atoms with van der Waals surface area (Å²) in [6.45, 7) is 3.33. The van der Waals surface area contributed by atoms with Crippen molar-refractivity contribution >= 4 is 17.5 Å². The Balaban J connectivity index is 2.02. The molecule has 6 heteroatoms. The third-order valence-corrected chi connectivity index (χ3v) is 3.33. The number of piperazine rings is 1. The first kappa shape index (κ1) is 13.5. The van der Waals surface area contributed by atoms with Gasteiger partial charge >= 0.3 is 0 Å². The summed E-state index contributed by atoms with van der Waals surface area (Å²) in [4.78, 5) is 31.2. The summed E-state index contributed by atoms with van der Waals surface area (Å²) in [6.07, 6.45) is 3.25. The van der Waals surface area contributed by atoms with E-state index >= 15 is 0 Å². The van der Waals surface area contributed by atoms with E-state index in [2.05, 4.69) is 10.3 Å². The molecule has 0 aromatic carbocycles. The van der Waals surface area contributed by atoms with E-state index in [-0.39, 0.29) is 17.9 Å². The third kappa shape index (κ3) is 3.29. The molecule has 1 atom stereocenters. The molecular weight excluding hydrogens is 244 g/mol. The van der Waals surface area contributed by atoms with Gasteiger partial charge in [0.1, 0.15) is 6.04 Å². The Morgan fingerprint density at radius 3 is 2.84 bits per heavy atom. The molecular formula is C13H18N4O2. The first-order chi connectivity index (χ1) is 9.08. The molecule has 1 N–H and O–H groups in total. The van der Waals surface area contributed by atoms with E-state index in [1.807, 2.05) is 11.9 Å². The Kier molecular flexibility index (Phi) is 4.11. The van der Waals surface area contributed by atoms with E-state index in [4.69, 9.17) is 0 Å². The zero-order valence-corrected chi connectivity index (χ0v) is 11.2. The number of nitrogens with one attached hydrogen (secondary N) is 1. The van der Waals surface area contributed by atoms with Crippen molar-refractivity contribution in [2.24, 2.45) is 0 Å². The SMILES string of the molecule is CC(=O)N1CCN(C)[C@@H](C(=O)Nc2cccnc2)C1. The maximum absolute atomic E-state index is 12.2. The highest BCUT2D eigenvalue weighted by atomic mass is 16.2. The van der Waals surface area contributed by atoms with Gasteiger partial charge in [-0.3, -0.25) is 19.5 Å².